The largest absolute Gasteiger partial charge is 0.226 e. The molecular weight excluding hydrogens is 1450 g/mol. The van der Waals surface area contributed by atoms with E-state index in [1.807, 2.05) is 0 Å². The van der Waals surface area contributed by atoms with Gasteiger partial charge < -0.3 is 0 Å². The Hall–Kier alpha value is 10.1. The predicted molar refractivity (Wildman–Crippen MR) is 252 cm³/mol. The lowest BCUT2D eigenvalue weighted by Crippen LogP contribution is -2.75. The zero-order valence-corrected chi connectivity index (χ0v) is 48.2. The maximum Gasteiger partial charge on any atom is 0.226 e. The Morgan fingerprint density at radius 1 is 0.173 bits per heavy atom. The minimum absolute atomic E-state index is 0.985. The average molecular weight is 1450 g/mol. The molecule has 0 nitrogen and oxygen atoms in total. The Bertz CT molecular complexity index is 1290. The fourth-order valence-corrected chi connectivity index (χ4v) is 14.4. The van der Waals surface area contributed by atoms with Crippen molar-refractivity contribution in [3.05, 3.63) is 4.84 Å². The number of rotatable bonds is 15. The second-order valence-electron chi connectivity index (χ2n) is 9.37. The van der Waals surface area contributed by atoms with E-state index in [1.165, 1.54) is 0 Å². The Balaban J connectivity index is 7.74. The molecule has 0 aromatic heterocycles. The van der Waals surface area contributed by atoms with E-state index in [4.69, 9.17) is 406 Å². The molecule has 0 heterocycles. The first-order chi connectivity index (χ1) is 21.7. The molecule has 52 heavy (non-hydrogen) atoms. The molecule has 0 aliphatic carbocycles. The first-order valence-corrected chi connectivity index (χ1v) is 23.8. The van der Waals surface area contributed by atoms with Gasteiger partial charge in [-0.2, -0.15) is 0 Å². The summed E-state index contributed by atoms with van der Waals surface area (Å²) in [5, 5.41) is 0. The minimum Gasteiger partial charge on any atom is -0.0946 e. The topological polar surface area (TPSA) is 0 Å². The van der Waals surface area contributed by atoms with Crippen molar-refractivity contribution >= 4 is 406 Å². The van der Waals surface area contributed by atoms with Crippen molar-refractivity contribution in [3.8, 4) is 0 Å². The first-order valence-electron chi connectivity index (χ1n) is 10.6. The lowest BCUT2D eigenvalue weighted by atomic mass is 9.96. The highest BCUT2D eigenvalue weighted by Crippen LogP contribution is 2.78. The molecular formula is C17Cl35. The number of alkyl halides is 33. The third kappa shape index (κ3) is 9.21. The van der Waals surface area contributed by atoms with Crippen LogP contribution in [-0.4, -0.2) is 68.8 Å². The second kappa shape index (κ2) is 18.6. The number of halogens is 35. The maximum atomic E-state index is 6.54. The summed E-state index contributed by atoms with van der Waals surface area (Å²) < 4.78 is -54.2. The summed E-state index contributed by atoms with van der Waals surface area (Å²) in [5.41, 5.74) is 0. The molecule has 0 aromatic rings. The fourth-order valence-electron chi connectivity index (χ4n) is 2.86. The van der Waals surface area contributed by atoms with Gasteiger partial charge >= 0.3 is 0 Å². The molecule has 0 bridgehead atoms. The molecule has 0 aliphatic heterocycles. The highest BCUT2D eigenvalue weighted by Gasteiger charge is 2.87. The smallest absolute Gasteiger partial charge is 0.0946 e. The molecule has 313 valence electrons. The molecule has 0 rings (SSSR count). The summed E-state index contributed by atoms with van der Waals surface area (Å²) in [6, 6.07) is 0. The van der Waals surface area contributed by atoms with Gasteiger partial charge in [0.15, 0.2) is 65.5 Å². The van der Waals surface area contributed by atoms with E-state index in [9.17, 15) is 0 Å². The van der Waals surface area contributed by atoms with Gasteiger partial charge in [-0.25, -0.2) is 0 Å². The van der Waals surface area contributed by atoms with Crippen LogP contribution in [0, 0.1) is 4.84 Å². The van der Waals surface area contributed by atoms with Gasteiger partial charge in [-0.15, -0.1) is 0 Å². The minimum atomic E-state index is -3.64. The molecule has 0 fully saturated rings. The molecule has 0 saturated carbocycles. The lowest BCUT2D eigenvalue weighted by Gasteiger charge is -2.58. The van der Waals surface area contributed by atoms with Crippen LogP contribution in [0.1, 0.15) is 0 Å². The Morgan fingerprint density at radius 3 is 0.404 bits per heavy atom. The van der Waals surface area contributed by atoms with Crippen LogP contribution in [0.3, 0.4) is 0 Å². The van der Waals surface area contributed by atoms with Crippen molar-refractivity contribution in [1.29, 1.82) is 0 Å². The number of hydrogen-bond donors (Lipinski definition) is 0. The molecule has 0 spiro atoms. The van der Waals surface area contributed by atoms with Crippen molar-refractivity contribution in [2.45, 2.75) is 68.8 Å². The molecule has 0 atom stereocenters. The molecule has 0 aromatic carbocycles. The van der Waals surface area contributed by atoms with Gasteiger partial charge in [-0.05, 0) is 0 Å². The third-order valence-electron chi connectivity index (χ3n) is 6.11. The fraction of sp³-hybridized carbons (Fsp3) is 0.941. The lowest BCUT2D eigenvalue weighted by molar-refractivity contribution is 0.397. The predicted octanol–water partition coefficient (Wildman–Crippen LogP) is 20.9. The van der Waals surface area contributed by atoms with Crippen molar-refractivity contribution < 1.29 is 0 Å². The van der Waals surface area contributed by atoms with Crippen molar-refractivity contribution in [2.24, 2.45) is 0 Å². The summed E-state index contributed by atoms with van der Waals surface area (Å²) in [6.45, 7) is 0. The highest BCUT2D eigenvalue weighted by atomic mass is 35.6. The second-order valence-corrected chi connectivity index (χ2v) is 32.5. The Morgan fingerprint density at radius 2 is 0.288 bits per heavy atom. The number of hydrogen-bond acceptors (Lipinski definition) is 0. The highest BCUT2D eigenvalue weighted by molar-refractivity contribution is 6.86. The molecule has 35 heteroatoms. The summed E-state index contributed by atoms with van der Waals surface area (Å²) >= 11 is 221. The summed E-state index contributed by atoms with van der Waals surface area (Å²) in [5.74, 6) is 0. The van der Waals surface area contributed by atoms with Crippen LogP contribution in [0.25, 0.3) is 0 Å². The van der Waals surface area contributed by atoms with Gasteiger partial charge in [0.2, 0.25) is 8.13 Å². The van der Waals surface area contributed by atoms with Crippen LogP contribution in [0.4, 0.5) is 0 Å². The monoisotopic (exact) mass is 1430 g/mol. The van der Waals surface area contributed by atoms with Gasteiger partial charge in [-0.1, -0.05) is 406 Å². The van der Waals surface area contributed by atoms with Crippen LogP contribution in [0.15, 0.2) is 0 Å². The van der Waals surface area contributed by atoms with E-state index in [1.54, 1.807) is 0 Å². The molecule has 0 amide bonds. The summed E-state index contributed by atoms with van der Waals surface area (Å²) in [4.78, 5) is -0.985. The van der Waals surface area contributed by atoms with E-state index < -0.39 is 73.6 Å². The van der Waals surface area contributed by atoms with Crippen molar-refractivity contribution in [3.63, 3.8) is 0 Å². The van der Waals surface area contributed by atoms with Crippen molar-refractivity contribution in [1.82, 2.24) is 0 Å². The zero-order valence-electron chi connectivity index (χ0n) is 21.7. The summed E-state index contributed by atoms with van der Waals surface area (Å²) in [7, 11) is 0. The van der Waals surface area contributed by atoms with Crippen LogP contribution in [-0.2, 0) is 0 Å². The maximum absolute atomic E-state index is 6.54. The van der Waals surface area contributed by atoms with Crippen LogP contribution in [0.2, 0.25) is 0 Å². The average Bonchev–Trinajstić information content (AvgIpc) is 2.90. The zero-order chi connectivity index (χ0) is 43.6. The van der Waals surface area contributed by atoms with Gasteiger partial charge in [0.05, 0.1) is 0 Å². The van der Waals surface area contributed by atoms with E-state index in [0.717, 1.165) is 0 Å². The molecule has 0 unspecified atom stereocenters. The Kier molecular flexibility index (Phi) is 22.2. The Labute approximate surface area is 471 Å². The van der Waals surface area contributed by atoms with E-state index in [2.05, 4.69) is 0 Å². The SMILES string of the molecule is Cl[C](Cl)C(Cl)(Cl)C(Cl)(Cl)C(Cl)(Cl)C(Cl)(Cl)C(Cl)(Cl)C(Cl)(Cl)C(Cl)(Cl)C(Cl)(Cl)C(Cl)(Cl)C(Cl)(Cl)C(Cl)(Cl)C(Cl)(Cl)C(Cl)(Cl)C(Cl)(Cl)C(Cl)(Cl)C(Cl)(Cl)Cl. The van der Waals surface area contributed by atoms with Crippen LogP contribution in [0.5, 0.6) is 0 Å². The standard InChI is InChI=1S/C17Cl35/c18-1(19)2(20,21)3(22,23)4(24,25)5(26,27)6(28,29)7(30,31)8(32,33)9(34,35)10(36,37)11(38,39)12(40,41)13(42,43)14(44,45)15(46,47)16(48,49)17(50,51)52. The van der Waals surface area contributed by atoms with Crippen LogP contribution >= 0.6 is 406 Å². The van der Waals surface area contributed by atoms with E-state index >= 15 is 0 Å². The van der Waals surface area contributed by atoms with Gasteiger partial charge in [-0.3, -0.25) is 0 Å². The van der Waals surface area contributed by atoms with E-state index in [-0.39, 0.29) is 0 Å². The third-order valence-corrected chi connectivity index (χ3v) is 30.7. The van der Waals surface area contributed by atoms with E-state index in [0.29, 0.717) is 0 Å². The quantitative estimate of drug-likeness (QED) is 0.143. The first kappa shape index (κ1) is 62.1. The van der Waals surface area contributed by atoms with Gasteiger partial charge in [0.1, 0.15) is 0 Å². The molecule has 0 aliphatic rings. The molecule has 1 radical (unpaired) electrons. The summed E-state index contributed by atoms with van der Waals surface area (Å²) in [6.07, 6.45) is 0. The normalized spacial score (nSPS) is 17.3. The van der Waals surface area contributed by atoms with Crippen LogP contribution < -0.4 is 0 Å². The van der Waals surface area contributed by atoms with Gasteiger partial charge in [0, 0.05) is 0 Å². The van der Waals surface area contributed by atoms with Gasteiger partial charge in [0.25, 0.3) is 0 Å². The van der Waals surface area contributed by atoms with Crippen molar-refractivity contribution in [2.75, 3.05) is 0 Å². The molecule has 0 saturated heterocycles. The molecule has 0 N–H and O–H groups in total.